The van der Waals surface area contributed by atoms with Crippen LogP contribution >= 0.6 is 11.8 Å². The van der Waals surface area contributed by atoms with E-state index in [1.54, 1.807) is 11.8 Å². The number of allylic oxidation sites excluding steroid dienone is 2. The van der Waals surface area contributed by atoms with Gasteiger partial charge >= 0.3 is 0 Å². The van der Waals surface area contributed by atoms with Crippen molar-refractivity contribution in [1.29, 1.82) is 5.26 Å². The van der Waals surface area contributed by atoms with E-state index in [4.69, 9.17) is 5.26 Å². The molecule has 1 aromatic carbocycles. The van der Waals surface area contributed by atoms with Gasteiger partial charge in [0.15, 0.2) is 0 Å². The lowest BCUT2D eigenvalue weighted by Crippen LogP contribution is -1.93. The van der Waals surface area contributed by atoms with Gasteiger partial charge < -0.3 is 0 Å². The fourth-order valence-electron chi connectivity index (χ4n) is 1.78. The van der Waals surface area contributed by atoms with Crippen LogP contribution in [0.3, 0.4) is 0 Å². The molecular formula is C13H8N2S. The van der Waals surface area contributed by atoms with Crippen molar-refractivity contribution in [3.05, 3.63) is 53.0 Å². The van der Waals surface area contributed by atoms with Crippen molar-refractivity contribution in [1.82, 2.24) is 0 Å². The number of hydrogen-bond donors (Lipinski definition) is 0. The molecule has 0 bridgehead atoms. The third-order valence-electron chi connectivity index (χ3n) is 2.64. The molecular weight excluding hydrogens is 216 g/mol. The highest BCUT2D eigenvalue weighted by molar-refractivity contribution is 8.16. The molecule has 0 aromatic heterocycles. The Morgan fingerprint density at radius 2 is 2.06 bits per heavy atom. The van der Waals surface area contributed by atoms with Crippen LogP contribution < -0.4 is 0 Å². The van der Waals surface area contributed by atoms with Gasteiger partial charge in [0, 0.05) is 5.92 Å². The summed E-state index contributed by atoms with van der Waals surface area (Å²) >= 11 is 1.68. The first-order valence-electron chi connectivity index (χ1n) is 5.01. The van der Waals surface area contributed by atoms with E-state index in [-0.39, 0.29) is 0 Å². The normalized spacial score (nSPS) is 21.3. The molecule has 3 heteroatoms. The highest BCUT2D eigenvalue weighted by Crippen LogP contribution is 2.35. The number of nitrogens with zero attached hydrogens (tertiary/aromatic N) is 2. The quantitative estimate of drug-likeness (QED) is 0.734. The maximum absolute atomic E-state index is 8.72. The molecule has 1 aromatic rings. The molecule has 0 amide bonds. The largest absolute Gasteiger partial charge is 0.245 e. The fraction of sp³-hybridized carbons (Fsp3) is 0.0769. The lowest BCUT2D eigenvalue weighted by atomic mass is 10.1. The van der Waals surface area contributed by atoms with E-state index in [0.29, 0.717) is 11.5 Å². The minimum absolute atomic E-state index is 0.371. The maximum Gasteiger partial charge on any atom is 0.0991 e. The second-order valence-electron chi connectivity index (χ2n) is 3.66. The van der Waals surface area contributed by atoms with E-state index in [0.717, 1.165) is 16.3 Å². The van der Waals surface area contributed by atoms with Crippen LogP contribution in [0.4, 0.5) is 0 Å². The molecule has 0 fully saturated rings. The summed E-state index contributed by atoms with van der Waals surface area (Å²) in [6.07, 6.45) is 4.31. The summed E-state index contributed by atoms with van der Waals surface area (Å²) in [4.78, 5) is 4.57. The summed E-state index contributed by atoms with van der Waals surface area (Å²) < 4.78 is 0. The summed E-state index contributed by atoms with van der Waals surface area (Å²) in [5, 5.41) is 12.0. The SMILES string of the molecule is N#Cc1ccc(C2=C[C@@H]3C=CSC3=N2)cc1. The number of rotatable bonds is 1. The van der Waals surface area contributed by atoms with Crippen LogP contribution in [0.5, 0.6) is 0 Å². The van der Waals surface area contributed by atoms with Crippen molar-refractivity contribution < 1.29 is 0 Å². The van der Waals surface area contributed by atoms with E-state index in [9.17, 15) is 0 Å². The van der Waals surface area contributed by atoms with Gasteiger partial charge in [0.2, 0.25) is 0 Å². The first-order valence-corrected chi connectivity index (χ1v) is 5.89. The zero-order valence-corrected chi connectivity index (χ0v) is 9.24. The Morgan fingerprint density at radius 3 is 2.75 bits per heavy atom. The first kappa shape index (κ1) is 9.44. The van der Waals surface area contributed by atoms with Crippen LogP contribution in [0.25, 0.3) is 5.70 Å². The average molecular weight is 224 g/mol. The van der Waals surface area contributed by atoms with Gasteiger partial charge in [-0.1, -0.05) is 30.0 Å². The molecule has 0 aliphatic carbocycles. The van der Waals surface area contributed by atoms with Crippen molar-refractivity contribution >= 4 is 22.5 Å². The number of nitriles is 1. The van der Waals surface area contributed by atoms with E-state index in [2.05, 4.69) is 28.6 Å². The van der Waals surface area contributed by atoms with Crippen LogP contribution in [0.2, 0.25) is 0 Å². The number of fused-ring (bicyclic) bond motifs is 1. The molecule has 2 aliphatic heterocycles. The van der Waals surface area contributed by atoms with Crippen molar-refractivity contribution in [3.63, 3.8) is 0 Å². The zero-order valence-electron chi connectivity index (χ0n) is 8.42. The molecule has 0 N–H and O–H groups in total. The molecule has 2 nitrogen and oxygen atoms in total. The summed E-state index contributed by atoms with van der Waals surface area (Å²) in [5.41, 5.74) is 2.78. The Kier molecular flexibility index (Phi) is 2.16. The van der Waals surface area contributed by atoms with Crippen LogP contribution in [0.15, 0.2) is 46.8 Å². The van der Waals surface area contributed by atoms with E-state index < -0.39 is 0 Å². The number of benzene rings is 1. The molecule has 16 heavy (non-hydrogen) atoms. The Bertz CT molecular complexity index is 559. The van der Waals surface area contributed by atoms with Gasteiger partial charge in [-0.3, -0.25) is 0 Å². The summed E-state index contributed by atoms with van der Waals surface area (Å²) in [6.45, 7) is 0. The molecule has 3 rings (SSSR count). The molecule has 0 spiro atoms. The summed E-state index contributed by atoms with van der Waals surface area (Å²) in [5.74, 6) is 0.371. The Labute approximate surface area is 98.0 Å². The predicted molar refractivity (Wildman–Crippen MR) is 66.8 cm³/mol. The lowest BCUT2D eigenvalue weighted by Gasteiger charge is -1.98. The molecule has 2 aliphatic rings. The molecule has 0 radical (unpaired) electrons. The third-order valence-corrected chi connectivity index (χ3v) is 3.54. The Hall–Kier alpha value is -1.79. The van der Waals surface area contributed by atoms with Gasteiger partial charge in [0.25, 0.3) is 0 Å². The second kappa shape index (κ2) is 3.66. The van der Waals surface area contributed by atoms with E-state index >= 15 is 0 Å². The van der Waals surface area contributed by atoms with E-state index in [1.807, 2.05) is 24.3 Å². The molecule has 1 atom stereocenters. The molecule has 0 unspecified atom stereocenters. The minimum atomic E-state index is 0.371. The Morgan fingerprint density at radius 1 is 1.25 bits per heavy atom. The predicted octanol–water partition coefficient (Wildman–Crippen LogP) is 3.19. The minimum Gasteiger partial charge on any atom is -0.245 e. The average Bonchev–Trinajstić information content (AvgIpc) is 2.89. The number of hydrogen-bond acceptors (Lipinski definition) is 3. The van der Waals surface area contributed by atoms with Crippen molar-refractivity contribution in [2.24, 2.45) is 10.9 Å². The Balaban J connectivity index is 1.95. The van der Waals surface area contributed by atoms with Crippen LogP contribution in [-0.2, 0) is 0 Å². The first-order chi connectivity index (χ1) is 7.86. The van der Waals surface area contributed by atoms with Gasteiger partial charge in [-0.2, -0.15) is 5.26 Å². The third kappa shape index (κ3) is 1.48. The van der Waals surface area contributed by atoms with Crippen LogP contribution in [0, 0.1) is 17.2 Å². The topological polar surface area (TPSA) is 36.1 Å². The highest BCUT2D eigenvalue weighted by atomic mass is 32.2. The molecule has 76 valence electrons. The molecule has 0 saturated heterocycles. The van der Waals surface area contributed by atoms with Crippen molar-refractivity contribution in [2.45, 2.75) is 0 Å². The number of thioether (sulfide) groups is 1. The molecule has 2 heterocycles. The summed E-state index contributed by atoms with van der Waals surface area (Å²) in [6, 6.07) is 9.66. The monoisotopic (exact) mass is 224 g/mol. The van der Waals surface area contributed by atoms with Crippen LogP contribution in [-0.4, -0.2) is 5.04 Å². The number of aliphatic imine (C=N–C) groups is 1. The maximum atomic E-state index is 8.72. The standard InChI is InChI=1S/C13H8N2S/c14-8-9-1-3-10(4-2-9)12-7-11-5-6-16-13(11)15-12/h1-7,11H/t11-/m0/s1. The van der Waals surface area contributed by atoms with Crippen molar-refractivity contribution in [3.8, 4) is 6.07 Å². The second-order valence-corrected chi connectivity index (χ2v) is 4.59. The molecule has 0 saturated carbocycles. The zero-order chi connectivity index (χ0) is 11.0. The van der Waals surface area contributed by atoms with E-state index in [1.165, 1.54) is 0 Å². The van der Waals surface area contributed by atoms with Crippen molar-refractivity contribution in [2.75, 3.05) is 0 Å². The van der Waals surface area contributed by atoms with Gasteiger partial charge in [0.05, 0.1) is 22.4 Å². The van der Waals surface area contributed by atoms with Gasteiger partial charge in [-0.05, 0) is 29.2 Å². The highest BCUT2D eigenvalue weighted by Gasteiger charge is 2.22. The van der Waals surface area contributed by atoms with Gasteiger partial charge in [-0.25, -0.2) is 4.99 Å². The fourth-order valence-corrected chi connectivity index (χ4v) is 2.63. The summed E-state index contributed by atoms with van der Waals surface area (Å²) in [7, 11) is 0. The van der Waals surface area contributed by atoms with Crippen LogP contribution in [0.1, 0.15) is 11.1 Å². The smallest absolute Gasteiger partial charge is 0.0991 e. The lowest BCUT2D eigenvalue weighted by molar-refractivity contribution is 1.21. The van der Waals surface area contributed by atoms with Gasteiger partial charge in [-0.15, -0.1) is 0 Å². The van der Waals surface area contributed by atoms with Gasteiger partial charge in [0.1, 0.15) is 0 Å².